The van der Waals surface area contributed by atoms with E-state index in [1.165, 1.54) is 44.6 Å². The molecule has 25 heavy (non-hydrogen) atoms. The van der Waals surface area contributed by atoms with E-state index < -0.39 is 17.6 Å². The second-order valence-electron chi connectivity index (χ2n) is 5.48. The predicted molar refractivity (Wildman–Crippen MR) is 89.5 cm³/mol. The Labute approximate surface area is 144 Å². The first kappa shape index (κ1) is 16.7. The van der Waals surface area contributed by atoms with Crippen LogP contribution in [-0.2, 0) is 16.1 Å². The van der Waals surface area contributed by atoms with Crippen LogP contribution in [0.1, 0.15) is 11.1 Å². The molecule has 0 bridgehead atoms. The lowest BCUT2D eigenvalue weighted by Crippen LogP contribution is -2.30. The number of methoxy groups -OCH3 is 2. The van der Waals surface area contributed by atoms with Crippen LogP contribution in [0.25, 0.3) is 5.57 Å². The Morgan fingerprint density at radius 3 is 2.28 bits per heavy atom. The van der Waals surface area contributed by atoms with Crippen LogP contribution in [-0.4, -0.2) is 30.9 Å². The van der Waals surface area contributed by atoms with Crippen LogP contribution >= 0.6 is 0 Å². The maximum absolute atomic E-state index is 13.0. The van der Waals surface area contributed by atoms with E-state index in [1.807, 2.05) is 0 Å². The lowest BCUT2D eigenvalue weighted by Gasteiger charge is -2.16. The van der Waals surface area contributed by atoms with E-state index in [4.69, 9.17) is 9.47 Å². The molecule has 2 aromatic rings. The highest BCUT2D eigenvalue weighted by Crippen LogP contribution is 2.30. The van der Waals surface area contributed by atoms with E-state index >= 15 is 0 Å². The highest BCUT2D eigenvalue weighted by atomic mass is 19.1. The second kappa shape index (κ2) is 6.76. The standard InChI is InChI=1S/C19H16FNO4/c1-24-16-8-3-12(9-17(16)25-2)11-21-18(22)10-15(19(21)23)13-4-6-14(20)7-5-13/h3-10H,11H2,1-2H3. The fraction of sp³-hybridized carbons (Fsp3) is 0.158. The molecule has 0 atom stereocenters. The molecule has 1 aliphatic rings. The molecule has 0 spiro atoms. The fourth-order valence-corrected chi connectivity index (χ4v) is 2.66. The van der Waals surface area contributed by atoms with E-state index in [0.29, 0.717) is 17.1 Å². The van der Waals surface area contributed by atoms with Crippen molar-refractivity contribution in [3.8, 4) is 11.5 Å². The van der Waals surface area contributed by atoms with E-state index in [1.54, 1.807) is 18.2 Å². The topological polar surface area (TPSA) is 55.8 Å². The zero-order valence-electron chi connectivity index (χ0n) is 13.8. The minimum atomic E-state index is -0.411. The molecular formula is C19H16FNO4. The zero-order chi connectivity index (χ0) is 18.0. The first-order chi connectivity index (χ1) is 12.0. The van der Waals surface area contributed by atoms with Gasteiger partial charge in [-0.3, -0.25) is 14.5 Å². The van der Waals surface area contributed by atoms with E-state index in [9.17, 15) is 14.0 Å². The predicted octanol–water partition coefficient (Wildman–Crippen LogP) is 2.80. The Balaban J connectivity index is 1.82. The summed E-state index contributed by atoms with van der Waals surface area (Å²) >= 11 is 0. The summed E-state index contributed by atoms with van der Waals surface area (Å²) < 4.78 is 23.5. The van der Waals surface area contributed by atoms with Gasteiger partial charge in [-0.15, -0.1) is 0 Å². The van der Waals surface area contributed by atoms with Gasteiger partial charge in [-0.2, -0.15) is 0 Å². The van der Waals surface area contributed by atoms with Crippen molar-refractivity contribution < 1.29 is 23.5 Å². The number of hydrogen-bond donors (Lipinski definition) is 0. The van der Waals surface area contributed by atoms with Gasteiger partial charge < -0.3 is 9.47 Å². The smallest absolute Gasteiger partial charge is 0.261 e. The number of rotatable bonds is 5. The van der Waals surface area contributed by atoms with Gasteiger partial charge in [-0.1, -0.05) is 18.2 Å². The van der Waals surface area contributed by atoms with E-state index in [0.717, 1.165) is 10.5 Å². The van der Waals surface area contributed by atoms with Crippen LogP contribution < -0.4 is 9.47 Å². The van der Waals surface area contributed by atoms with Gasteiger partial charge in [0.1, 0.15) is 5.82 Å². The summed E-state index contributed by atoms with van der Waals surface area (Å²) in [6.45, 7) is 0.110. The van der Waals surface area contributed by atoms with Gasteiger partial charge in [-0.25, -0.2) is 4.39 Å². The van der Waals surface area contributed by atoms with Gasteiger partial charge in [0.2, 0.25) is 0 Å². The van der Waals surface area contributed by atoms with E-state index in [2.05, 4.69) is 0 Å². The average molecular weight is 341 g/mol. The lowest BCUT2D eigenvalue weighted by atomic mass is 10.1. The van der Waals surface area contributed by atoms with Crippen LogP contribution in [0.15, 0.2) is 48.5 Å². The molecule has 0 fully saturated rings. The maximum Gasteiger partial charge on any atom is 0.261 e. The number of benzene rings is 2. The van der Waals surface area contributed by atoms with Gasteiger partial charge in [0, 0.05) is 6.08 Å². The molecule has 6 heteroatoms. The largest absolute Gasteiger partial charge is 0.493 e. The molecule has 1 aliphatic heterocycles. The summed E-state index contributed by atoms with van der Waals surface area (Å²) in [4.78, 5) is 25.9. The minimum Gasteiger partial charge on any atom is -0.493 e. The fourth-order valence-electron chi connectivity index (χ4n) is 2.66. The molecule has 0 radical (unpaired) electrons. The van der Waals surface area contributed by atoms with Crippen LogP contribution in [0.4, 0.5) is 4.39 Å². The summed E-state index contributed by atoms with van der Waals surface area (Å²) in [6.07, 6.45) is 1.27. The minimum absolute atomic E-state index is 0.110. The quantitative estimate of drug-likeness (QED) is 0.785. The Morgan fingerprint density at radius 2 is 1.64 bits per heavy atom. The van der Waals surface area contributed by atoms with Crippen LogP contribution in [0.5, 0.6) is 11.5 Å². The Morgan fingerprint density at radius 1 is 0.960 bits per heavy atom. The molecule has 1 heterocycles. The first-order valence-corrected chi connectivity index (χ1v) is 7.58. The molecule has 2 aromatic carbocycles. The van der Waals surface area contributed by atoms with Crippen molar-refractivity contribution in [2.75, 3.05) is 14.2 Å². The Hall–Kier alpha value is -3.15. The van der Waals surface area contributed by atoms with Gasteiger partial charge in [0.25, 0.3) is 11.8 Å². The summed E-state index contributed by atoms with van der Waals surface area (Å²) in [6, 6.07) is 10.7. The average Bonchev–Trinajstić information content (AvgIpc) is 2.90. The Kier molecular flexibility index (Phi) is 4.52. The lowest BCUT2D eigenvalue weighted by molar-refractivity contribution is -0.137. The van der Waals surface area contributed by atoms with Crippen molar-refractivity contribution >= 4 is 17.4 Å². The summed E-state index contributed by atoms with van der Waals surface area (Å²) in [7, 11) is 3.05. The summed E-state index contributed by atoms with van der Waals surface area (Å²) in [5, 5.41) is 0. The number of carbonyl (C=O) groups excluding carboxylic acids is 2. The molecule has 0 unspecified atom stereocenters. The van der Waals surface area contributed by atoms with Crippen molar-refractivity contribution in [2.24, 2.45) is 0 Å². The van der Waals surface area contributed by atoms with Crippen molar-refractivity contribution in [3.05, 3.63) is 65.5 Å². The number of nitrogens with zero attached hydrogens (tertiary/aromatic N) is 1. The van der Waals surface area contributed by atoms with Crippen molar-refractivity contribution in [3.63, 3.8) is 0 Å². The van der Waals surface area contributed by atoms with E-state index in [-0.39, 0.29) is 12.1 Å². The normalized spacial score (nSPS) is 13.9. The summed E-state index contributed by atoms with van der Waals surface area (Å²) in [5.41, 5.74) is 1.49. The zero-order valence-corrected chi connectivity index (χ0v) is 13.8. The molecule has 0 saturated carbocycles. The molecule has 2 amide bonds. The first-order valence-electron chi connectivity index (χ1n) is 7.58. The highest BCUT2D eigenvalue weighted by molar-refractivity contribution is 6.33. The molecule has 0 aliphatic carbocycles. The van der Waals surface area contributed by atoms with Gasteiger partial charge in [0.15, 0.2) is 11.5 Å². The number of hydrogen-bond acceptors (Lipinski definition) is 4. The molecule has 0 saturated heterocycles. The third kappa shape index (κ3) is 3.24. The monoisotopic (exact) mass is 341 g/mol. The number of amides is 2. The second-order valence-corrected chi connectivity index (χ2v) is 5.48. The van der Waals surface area contributed by atoms with Gasteiger partial charge in [0.05, 0.1) is 26.3 Å². The SMILES string of the molecule is COc1ccc(CN2C(=O)C=C(c3ccc(F)cc3)C2=O)cc1OC. The third-order valence-corrected chi connectivity index (χ3v) is 3.95. The van der Waals surface area contributed by atoms with Crippen LogP contribution in [0.3, 0.4) is 0 Å². The number of halogens is 1. The number of carbonyl (C=O) groups is 2. The van der Waals surface area contributed by atoms with Crippen molar-refractivity contribution in [2.45, 2.75) is 6.54 Å². The number of ether oxygens (including phenoxy) is 2. The van der Waals surface area contributed by atoms with Crippen LogP contribution in [0.2, 0.25) is 0 Å². The molecule has 5 nitrogen and oxygen atoms in total. The third-order valence-electron chi connectivity index (χ3n) is 3.95. The van der Waals surface area contributed by atoms with Crippen LogP contribution in [0, 0.1) is 5.82 Å². The summed E-state index contributed by atoms with van der Waals surface area (Å²) in [5.74, 6) is -0.130. The highest BCUT2D eigenvalue weighted by Gasteiger charge is 2.31. The molecular weight excluding hydrogens is 325 g/mol. The van der Waals surface area contributed by atoms with Crippen molar-refractivity contribution in [1.29, 1.82) is 0 Å². The molecule has 0 N–H and O–H groups in total. The number of imide groups is 1. The van der Waals surface area contributed by atoms with Crippen molar-refractivity contribution in [1.82, 2.24) is 4.90 Å². The van der Waals surface area contributed by atoms with Gasteiger partial charge >= 0.3 is 0 Å². The molecule has 128 valence electrons. The van der Waals surface area contributed by atoms with Gasteiger partial charge in [-0.05, 0) is 35.4 Å². The molecule has 0 aromatic heterocycles. The Bertz CT molecular complexity index is 858. The maximum atomic E-state index is 13.0. The molecule has 3 rings (SSSR count).